The van der Waals surface area contributed by atoms with Gasteiger partial charge in [-0.2, -0.15) is 12.6 Å². The summed E-state index contributed by atoms with van der Waals surface area (Å²) in [7, 11) is 0. The molecule has 7 heteroatoms. The van der Waals surface area contributed by atoms with Crippen LogP contribution in [0.15, 0.2) is 35.1 Å². The summed E-state index contributed by atoms with van der Waals surface area (Å²) < 4.78 is 2.56. The minimum absolute atomic E-state index is 0.0283. The van der Waals surface area contributed by atoms with E-state index in [9.17, 15) is 19.8 Å². The Labute approximate surface area is 157 Å². The average molecular weight is 376 g/mol. The second kappa shape index (κ2) is 8.03. The number of nitrogens with zero attached hydrogens (tertiary/aromatic N) is 2. The molecule has 2 N–H and O–H groups in total. The van der Waals surface area contributed by atoms with Gasteiger partial charge in [0.25, 0.3) is 0 Å². The number of carboxylic acid groups (broad SMARTS) is 1. The van der Waals surface area contributed by atoms with E-state index in [-0.39, 0.29) is 17.8 Å². The third-order valence-electron chi connectivity index (χ3n) is 5.11. The van der Waals surface area contributed by atoms with Crippen LogP contribution in [0.3, 0.4) is 0 Å². The van der Waals surface area contributed by atoms with Gasteiger partial charge in [-0.25, -0.2) is 4.79 Å². The number of carboxylic acids is 1. The Morgan fingerprint density at radius 3 is 2.46 bits per heavy atom. The molecular formula is C19H24N2O4S. The lowest BCUT2D eigenvalue weighted by Crippen LogP contribution is -2.31. The fraction of sp³-hybridized carbons (Fsp3) is 0.474. The number of aromatic hydroxyl groups is 1. The van der Waals surface area contributed by atoms with Crippen LogP contribution in [0, 0.1) is 0 Å². The van der Waals surface area contributed by atoms with E-state index >= 15 is 0 Å². The first-order valence-electron chi connectivity index (χ1n) is 8.93. The molecule has 1 heterocycles. The summed E-state index contributed by atoms with van der Waals surface area (Å²) in [6, 6.07) is 9.35. The minimum Gasteiger partial charge on any atom is -0.493 e. The van der Waals surface area contributed by atoms with Gasteiger partial charge >= 0.3 is 11.7 Å². The molecule has 1 atom stereocenters. The maximum Gasteiger partial charge on any atom is 0.332 e. The van der Waals surface area contributed by atoms with Crippen molar-refractivity contribution in [3.8, 4) is 5.88 Å². The Kier molecular flexibility index (Phi) is 5.76. The van der Waals surface area contributed by atoms with Gasteiger partial charge in [0, 0.05) is 11.7 Å². The highest BCUT2D eigenvalue weighted by Gasteiger charge is 2.31. The average Bonchev–Trinajstić information content (AvgIpc) is 3.21. The molecule has 1 aliphatic rings. The smallest absolute Gasteiger partial charge is 0.332 e. The molecule has 1 unspecified atom stereocenters. The number of aromatic nitrogens is 2. The van der Waals surface area contributed by atoms with Crippen LogP contribution in [0.4, 0.5) is 0 Å². The largest absolute Gasteiger partial charge is 0.493 e. The lowest BCUT2D eigenvalue weighted by atomic mass is 10.0. The van der Waals surface area contributed by atoms with E-state index in [1.165, 1.54) is 9.13 Å². The second-order valence-electron chi connectivity index (χ2n) is 6.85. The molecule has 1 aromatic carbocycles. The molecule has 0 spiro atoms. The monoisotopic (exact) mass is 376 g/mol. The number of benzene rings is 1. The summed E-state index contributed by atoms with van der Waals surface area (Å²) in [5.41, 5.74) is 1.03. The van der Waals surface area contributed by atoms with Crippen LogP contribution in [0.25, 0.3) is 0 Å². The molecule has 140 valence electrons. The number of thiol groups is 1. The van der Waals surface area contributed by atoms with Crippen LogP contribution >= 0.6 is 12.6 Å². The van der Waals surface area contributed by atoms with E-state index in [0.29, 0.717) is 17.9 Å². The maximum atomic E-state index is 13.0. The first-order valence-corrected chi connectivity index (χ1v) is 9.56. The van der Waals surface area contributed by atoms with E-state index in [0.717, 1.165) is 31.2 Å². The molecule has 0 aliphatic heterocycles. The highest BCUT2D eigenvalue weighted by Crippen LogP contribution is 2.39. The van der Waals surface area contributed by atoms with Gasteiger partial charge in [-0.15, -0.1) is 0 Å². The van der Waals surface area contributed by atoms with Gasteiger partial charge in [0.2, 0.25) is 5.88 Å². The van der Waals surface area contributed by atoms with Crippen molar-refractivity contribution in [3.05, 3.63) is 52.1 Å². The lowest BCUT2D eigenvalue weighted by Gasteiger charge is -2.17. The molecule has 1 fully saturated rings. The summed E-state index contributed by atoms with van der Waals surface area (Å²) in [4.78, 5) is 24.2. The van der Waals surface area contributed by atoms with Crippen molar-refractivity contribution < 1.29 is 15.0 Å². The highest BCUT2D eigenvalue weighted by molar-refractivity contribution is 7.80. The Hall–Kier alpha value is -2.15. The predicted molar refractivity (Wildman–Crippen MR) is 102 cm³/mol. The molecule has 1 saturated carbocycles. The van der Waals surface area contributed by atoms with Crippen molar-refractivity contribution in [2.24, 2.45) is 0 Å². The van der Waals surface area contributed by atoms with Gasteiger partial charge in [0.05, 0.1) is 11.7 Å². The number of imidazole rings is 1. The van der Waals surface area contributed by atoms with Crippen LogP contribution in [-0.4, -0.2) is 31.1 Å². The van der Waals surface area contributed by atoms with Gasteiger partial charge in [0.1, 0.15) is 6.54 Å². The molecule has 0 saturated heterocycles. The third kappa shape index (κ3) is 3.67. The Morgan fingerprint density at radius 1 is 1.23 bits per heavy atom. The maximum absolute atomic E-state index is 13.0. The third-order valence-corrected chi connectivity index (χ3v) is 5.53. The van der Waals surface area contributed by atoms with Crippen molar-refractivity contribution in [2.45, 2.75) is 50.6 Å². The van der Waals surface area contributed by atoms with E-state index < -0.39 is 18.2 Å². The Balaban J connectivity index is 2.05. The van der Waals surface area contributed by atoms with E-state index in [4.69, 9.17) is 0 Å². The van der Waals surface area contributed by atoms with Gasteiger partial charge in [0.15, 0.2) is 0 Å². The van der Waals surface area contributed by atoms with Crippen molar-refractivity contribution in [1.29, 1.82) is 0 Å². The summed E-state index contributed by atoms with van der Waals surface area (Å²) in [5.74, 6) is -0.795. The van der Waals surface area contributed by atoms with Gasteiger partial charge < -0.3 is 10.2 Å². The predicted octanol–water partition coefficient (Wildman–Crippen LogP) is 2.81. The zero-order valence-electron chi connectivity index (χ0n) is 14.5. The first-order chi connectivity index (χ1) is 12.5. The summed E-state index contributed by atoms with van der Waals surface area (Å²) in [6.45, 7) is -0.435. The molecular weight excluding hydrogens is 352 g/mol. The first kappa shape index (κ1) is 18.6. The van der Waals surface area contributed by atoms with Gasteiger partial charge in [-0.1, -0.05) is 43.2 Å². The van der Waals surface area contributed by atoms with Crippen molar-refractivity contribution in [2.75, 3.05) is 5.75 Å². The molecule has 0 amide bonds. The fourth-order valence-corrected chi connectivity index (χ4v) is 4.20. The molecule has 2 aromatic rings. The number of aliphatic carboxylic acids is 1. The SMILES string of the molecule is O=C(O)Cn1c(C2CCCC2)c(O)n(C(CS)Cc2ccccc2)c1=O. The van der Waals surface area contributed by atoms with E-state index in [2.05, 4.69) is 12.6 Å². The van der Waals surface area contributed by atoms with Crippen LogP contribution in [0.1, 0.15) is 48.9 Å². The quantitative estimate of drug-likeness (QED) is 0.649. The van der Waals surface area contributed by atoms with E-state index in [1.807, 2.05) is 30.3 Å². The molecule has 26 heavy (non-hydrogen) atoms. The molecule has 6 nitrogen and oxygen atoms in total. The topological polar surface area (TPSA) is 84.5 Å². The normalized spacial score (nSPS) is 16.0. The number of carbonyl (C=O) groups is 1. The molecule has 1 aromatic heterocycles. The summed E-state index contributed by atoms with van der Waals surface area (Å²) in [6.07, 6.45) is 4.31. The van der Waals surface area contributed by atoms with Crippen LogP contribution in [0.2, 0.25) is 0 Å². The number of rotatable bonds is 7. The zero-order chi connectivity index (χ0) is 18.7. The Morgan fingerprint density at radius 2 is 1.88 bits per heavy atom. The van der Waals surface area contributed by atoms with Crippen molar-refractivity contribution in [1.82, 2.24) is 9.13 Å². The molecule has 1 aliphatic carbocycles. The molecule has 3 rings (SSSR count). The Bertz CT molecular complexity index is 822. The van der Waals surface area contributed by atoms with Crippen LogP contribution < -0.4 is 5.69 Å². The zero-order valence-corrected chi connectivity index (χ0v) is 15.4. The number of hydrogen-bond acceptors (Lipinski definition) is 4. The fourth-order valence-electron chi connectivity index (χ4n) is 3.91. The standard InChI is InChI=1S/C19H24N2O4S/c22-16(23)11-20-17(14-8-4-5-9-14)18(24)21(19(20)25)15(12-26)10-13-6-2-1-3-7-13/h1-3,6-7,14-15,24,26H,4-5,8-12H2,(H,22,23). The summed E-state index contributed by atoms with van der Waals surface area (Å²) in [5, 5.41) is 20.1. The van der Waals surface area contributed by atoms with Crippen LogP contribution in [0.5, 0.6) is 5.88 Å². The van der Waals surface area contributed by atoms with Gasteiger partial charge in [-0.05, 0) is 24.8 Å². The van der Waals surface area contributed by atoms with Crippen molar-refractivity contribution >= 4 is 18.6 Å². The number of hydrogen-bond donors (Lipinski definition) is 3. The molecule has 0 radical (unpaired) electrons. The van der Waals surface area contributed by atoms with Crippen LogP contribution in [-0.2, 0) is 17.8 Å². The van der Waals surface area contributed by atoms with Crippen molar-refractivity contribution in [3.63, 3.8) is 0 Å². The van der Waals surface area contributed by atoms with E-state index in [1.54, 1.807) is 0 Å². The minimum atomic E-state index is -1.09. The molecule has 0 bridgehead atoms. The van der Waals surface area contributed by atoms with Gasteiger partial charge in [-0.3, -0.25) is 13.9 Å². The second-order valence-corrected chi connectivity index (χ2v) is 7.21. The highest BCUT2D eigenvalue weighted by atomic mass is 32.1. The summed E-state index contributed by atoms with van der Waals surface area (Å²) >= 11 is 4.38. The lowest BCUT2D eigenvalue weighted by molar-refractivity contribution is -0.137.